The molecule has 0 atom stereocenters. The molecule has 0 bridgehead atoms. The predicted octanol–water partition coefficient (Wildman–Crippen LogP) is 1.87. The number of esters is 1. The minimum absolute atomic E-state index is 0. The van der Waals surface area contributed by atoms with Crippen LogP contribution in [0.1, 0.15) is 26.2 Å². The number of carbonyl (C=O) groups excluding carboxylic acids is 1. The summed E-state index contributed by atoms with van der Waals surface area (Å²) in [6, 6.07) is 0. The summed E-state index contributed by atoms with van der Waals surface area (Å²) in [5.74, 6) is -0.148. The molecule has 0 saturated carbocycles. The Labute approximate surface area is 84.4 Å². The minimum atomic E-state index is -0.148. The highest BCUT2D eigenvalue weighted by molar-refractivity contribution is 7.47. The van der Waals surface area contributed by atoms with E-state index in [0.29, 0.717) is 26.0 Å². The molecule has 0 unspecified atom stereocenters. The van der Waals surface area contributed by atoms with E-state index in [9.17, 15) is 4.79 Å². The van der Waals surface area contributed by atoms with Crippen molar-refractivity contribution in [1.29, 1.82) is 0 Å². The molecule has 0 rings (SSSR count). The summed E-state index contributed by atoms with van der Waals surface area (Å²) in [6.07, 6.45) is 2.00. The summed E-state index contributed by atoms with van der Waals surface area (Å²) in [7, 11) is 0. The smallest absolute Gasteiger partial charge is 0.305 e. The van der Waals surface area contributed by atoms with E-state index < -0.39 is 0 Å². The van der Waals surface area contributed by atoms with Crippen molar-refractivity contribution in [2.45, 2.75) is 26.2 Å². The fourth-order valence-electron chi connectivity index (χ4n) is 0.576. The zero-order chi connectivity index (χ0) is 8.53. The molecule has 0 aromatic rings. The Kier molecular flexibility index (Phi) is 12.9. The summed E-state index contributed by atoms with van der Waals surface area (Å²) in [4.78, 5) is 10.8. The van der Waals surface area contributed by atoms with Crippen LogP contribution in [0.25, 0.3) is 0 Å². The number of nitrogens with zero attached hydrogens (tertiary/aromatic N) is 1. The molecule has 0 spiro atoms. The van der Waals surface area contributed by atoms with Crippen molar-refractivity contribution in [2.24, 2.45) is 4.36 Å². The fraction of sp³-hybridized carbons (Fsp3) is 0.857. The van der Waals surface area contributed by atoms with Crippen molar-refractivity contribution < 1.29 is 9.53 Å². The molecule has 0 aliphatic carbocycles. The molecule has 5 heteroatoms. The second-order valence-corrected chi connectivity index (χ2v) is 2.43. The van der Waals surface area contributed by atoms with Crippen molar-refractivity contribution >= 4 is 30.8 Å². The molecule has 0 saturated heterocycles. The van der Waals surface area contributed by atoms with Crippen LogP contribution in [0, 0.1) is 0 Å². The summed E-state index contributed by atoms with van der Waals surface area (Å²) in [6.45, 7) is 3.05. The van der Waals surface area contributed by atoms with Gasteiger partial charge in [0.2, 0.25) is 0 Å². The summed E-state index contributed by atoms with van der Waals surface area (Å²) in [5, 5.41) is 0. The van der Waals surface area contributed by atoms with Crippen molar-refractivity contribution in [2.75, 3.05) is 13.2 Å². The lowest BCUT2D eigenvalue weighted by atomic mass is 10.3. The third-order valence-corrected chi connectivity index (χ3v) is 1.28. The number of halogens is 1. The molecular formula is C7H14ClNO2S. The van der Waals surface area contributed by atoms with Gasteiger partial charge in [0.25, 0.3) is 0 Å². The summed E-state index contributed by atoms with van der Waals surface area (Å²) < 4.78 is 8.29. The Bertz CT molecular complexity index is 133. The molecule has 0 fully saturated rings. The van der Waals surface area contributed by atoms with Gasteiger partial charge in [-0.3, -0.25) is 4.79 Å². The standard InChI is InChI=1S/C7H13NO2S.ClH/c1-2-6-10-7(9)4-3-5-8-11;/h2-6H2,1H3;1H. The first-order chi connectivity index (χ1) is 5.31. The largest absolute Gasteiger partial charge is 0.466 e. The molecule has 0 heterocycles. The Morgan fingerprint density at radius 2 is 2.25 bits per heavy atom. The van der Waals surface area contributed by atoms with E-state index in [-0.39, 0.29) is 18.4 Å². The molecule has 0 aromatic heterocycles. The van der Waals surface area contributed by atoms with Crippen LogP contribution in [0.5, 0.6) is 0 Å². The van der Waals surface area contributed by atoms with E-state index in [2.05, 4.69) is 16.8 Å². The lowest BCUT2D eigenvalue weighted by molar-refractivity contribution is -0.143. The molecule has 0 radical (unpaired) electrons. The highest BCUT2D eigenvalue weighted by atomic mass is 35.5. The number of rotatable bonds is 6. The van der Waals surface area contributed by atoms with Crippen LogP contribution in [-0.2, 0) is 22.0 Å². The Morgan fingerprint density at radius 1 is 1.58 bits per heavy atom. The maximum atomic E-state index is 10.8. The molecule has 3 nitrogen and oxygen atoms in total. The van der Waals surface area contributed by atoms with Crippen molar-refractivity contribution in [3.8, 4) is 0 Å². The first-order valence-corrected chi connectivity index (χ1v) is 4.12. The number of carbonyl (C=O) groups is 1. The third-order valence-electron chi connectivity index (χ3n) is 1.10. The van der Waals surface area contributed by atoms with Crippen LogP contribution >= 0.6 is 12.4 Å². The number of ether oxygens (including phenoxy) is 1. The molecule has 72 valence electrons. The maximum Gasteiger partial charge on any atom is 0.305 e. The first-order valence-electron chi connectivity index (χ1n) is 3.76. The van der Waals surface area contributed by atoms with Gasteiger partial charge in [0, 0.05) is 18.8 Å². The van der Waals surface area contributed by atoms with Crippen LogP contribution in [0.15, 0.2) is 4.36 Å². The lowest BCUT2D eigenvalue weighted by Crippen LogP contribution is -2.05. The van der Waals surface area contributed by atoms with Gasteiger partial charge < -0.3 is 4.74 Å². The fourth-order valence-corrected chi connectivity index (χ4v) is 0.705. The first kappa shape index (κ1) is 14.3. The van der Waals surface area contributed by atoms with E-state index in [0.717, 1.165) is 6.42 Å². The van der Waals surface area contributed by atoms with Crippen LogP contribution < -0.4 is 0 Å². The third kappa shape index (κ3) is 9.78. The zero-order valence-electron chi connectivity index (χ0n) is 7.12. The zero-order valence-corrected chi connectivity index (χ0v) is 8.75. The molecule has 12 heavy (non-hydrogen) atoms. The van der Waals surface area contributed by atoms with E-state index in [4.69, 9.17) is 4.74 Å². The molecule has 0 aliphatic rings. The summed E-state index contributed by atoms with van der Waals surface area (Å²) >= 11 is 4.36. The van der Waals surface area contributed by atoms with Gasteiger partial charge in [0.15, 0.2) is 0 Å². The quantitative estimate of drug-likeness (QED) is 0.498. The number of hydrogen-bond donors (Lipinski definition) is 0. The Balaban J connectivity index is 0. The number of hydrogen-bond acceptors (Lipinski definition) is 4. The van der Waals surface area contributed by atoms with Crippen LogP contribution in [-0.4, -0.2) is 19.1 Å². The van der Waals surface area contributed by atoms with Gasteiger partial charge in [-0.1, -0.05) is 6.92 Å². The second kappa shape index (κ2) is 10.8. The van der Waals surface area contributed by atoms with E-state index in [1.807, 2.05) is 6.92 Å². The van der Waals surface area contributed by atoms with Crippen LogP contribution in [0.3, 0.4) is 0 Å². The van der Waals surface area contributed by atoms with Gasteiger partial charge in [0.05, 0.1) is 13.2 Å². The molecule has 0 aliphatic heterocycles. The van der Waals surface area contributed by atoms with E-state index in [1.54, 1.807) is 0 Å². The monoisotopic (exact) mass is 211 g/mol. The normalized spacial score (nSPS) is 8.42. The van der Waals surface area contributed by atoms with Crippen LogP contribution in [0.4, 0.5) is 0 Å². The van der Waals surface area contributed by atoms with Gasteiger partial charge >= 0.3 is 5.97 Å². The van der Waals surface area contributed by atoms with E-state index >= 15 is 0 Å². The molecular weight excluding hydrogens is 198 g/mol. The Hall–Kier alpha value is -0.220. The van der Waals surface area contributed by atoms with E-state index in [1.165, 1.54) is 0 Å². The summed E-state index contributed by atoms with van der Waals surface area (Å²) in [5.41, 5.74) is 0. The van der Waals surface area contributed by atoms with Crippen molar-refractivity contribution in [1.82, 2.24) is 0 Å². The maximum absolute atomic E-state index is 10.8. The molecule has 0 aromatic carbocycles. The van der Waals surface area contributed by atoms with Crippen molar-refractivity contribution in [3.63, 3.8) is 0 Å². The highest BCUT2D eigenvalue weighted by Gasteiger charge is 1.99. The van der Waals surface area contributed by atoms with Gasteiger partial charge in [0.1, 0.15) is 0 Å². The minimum Gasteiger partial charge on any atom is -0.466 e. The predicted molar refractivity (Wildman–Crippen MR) is 52.4 cm³/mol. The van der Waals surface area contributed by atoms with Gasteiger partial charge in [-0.2, -0.15) is 0 Å². The van der Waals surface area contributed by atoms with Crippen molar-refractivity contribution in [3.05, 3.63) is 0 Å². The van der Waals surface area contributed by atoms with Gasteiger partial charge in [-0.05, 0) is 12.8 Å². The molecule has 0 N–H and O–H groups in total. The Morgan fingerprint density at radius 3 is 2.75 bits per heavy atom. The lowest BCUT2D eigenvalue weighted by Gasteiger charge is -2.00. The average Bonchev–Trinajstić information content (AvgIpc) is 2.01. The average molecular weight is 212 g/mol. The van der Waals surface area contributed by atoms with Gasteiger partial charge in [-0.25, -0.2) is 4.36 Å². The SMILES string of the molecule is CCCOC(=O)CCCN=S.Cl. The topological polar surface area (TPSA) is 38.7 Å². The molecule has 0 amide bonds. The van der Waals surface area contributed by atoms with Gasteiger partial charge in [-0.15, -0.1) is 12.4 Å². The highest BCUT2D eigenvalue weighted by Crippen LogP contribution is 1.93. The van der Waals surface area contributed by atoms with Crippen LogP contribution in [0.2, 0.25) is 0 Å². The second-order valence-electron chi connectivity index (χ2n) is 2.18.